The lowest BCUT2D eigenvalue weighted by molar-refractivity contribution is 0.446. The fraction of sp³-hybridized carbons (Fsp3) is 0.154. The monoisotopic (exact) mass is 241 g/mol. The summed E-state index contributed by atoms with van der Waals surface area (Å²) in [7, 11) is 0. The highest BCUT2D eigenvalue weighted by molar-refractivity contribution is 5.79. The number of H-pyrrole nitrogens is 1. The molecule has 0 saturated carbocycles. The Morgan fingerprint density at radius 2 is 2.06 bits per heavy atom. The number of aromatic nitrogens is 3. The molecule has 0 fully saturated rings. The van der Waals surface area contributed by atoms with Crippen molar-refractivity contribution in [2.75, 3.05) is 0 Å². The van der Waals surface area contributed by atoms with Crippen LogP contribution in [-0.4, -0.2) is 15.4 Å². The third-order valence-corrected chi connectivity index (χ3v) is 2.86. The maximum atomic E-state index is 11.6. The van der Waals surface area contributed by atoms with Crippen LogP contribution in [0, 0.1) is 6.92 Å². The Balaban J connectivity index is 2.14. The van der Waals surface area contributed by atoms with E-state index in [1.54, 1.807) is 6.92 Å². The van der Waals surface area contributed by atoms with E-state index in [4.69, 9.17) is 4.52 Å². The molecule has 0 aliphatic carbocycles. The van der Waals surface area contributed by atoms with Gasteiger partial charge < -0.3 is 4.52 Å². The molecule has 0 radical (unpaired) electrons. The van der Waals surface area contributed by atoms with Gasteiger partial charge in [0.1, 0.15) is 11.1 Å². The fourth-order valence-electron chi connectivity index (χ4n) is 1.97. The van der Waals surface area contributed by atoms with E-state index in [1.807, 2.05) is 30.3 Å². The van der Waals surface area contributed by atoms with Crippen LogP contribution in [0.3, 0.4) is 0 Å². The van der Waals surface area contributed by atoms with Gasteiger partial charge in [-0.2, -0.15) is 5.10 Å². The molecule has 18 heavy (non-hydrogen) atoms. The van der Waals surface area contributed by atoms with Crippen molar-refractivity contribution in [1.82, 2.24) is 15.4 Å². The molecule has 5 nitrogen and oxygen atoms in total. The van der Waals surface area contributed by atoms with Crippen LogP contribution in [0.25, 0.3) is 11.0 Å². The smallest absolute Gasteiger partial charge is 0.277 e. The van der Waals surface area contributed by atoms with Crippen LogP contribution in [-0.2, 0) is 6.42 Å². The molecule has 0 amide bonds. The van der Waals surface area contributed by atoms with Gasteiger partial charge in [-0.15, -0.1) is 0 Å². The van der Waals surface area contributed by atoms with Crippen LogP contribution < -0.4 is 5.56 Å². The minimum atomic E-state index is -0.263. The van der Waals surface area contributed by atoms with E-state index < -0.39 is 0 Å². The van der Waals surface area contributed by atoms with E-state index in [9.17, 15) is 4.79 Å². The molecular formula is C13H11N3O2. The number of fused-ring (bicyclic) bond motifs is 1. The van der Waals surface area contributed by atoms with Crippen molar-refractivity contribution < 1.29 is 4.52 Å². The molecule has 0 aliphatic heterocycles. The van der Waals surface area contributed by atoms with Crippen LogP contribution in [0.5, 0.6) is 0 Å². The molecule has 0 saturated heterocycles. The average Bonchev–Trinajstić information content (AvgIpc) is 2.78. The largest absolute Gasteiger partial charge is 0.354 e. The van der Waals surface area contributed by atoms with E-state index in [0.717, 1.165) is 5.56 Å². The molecule has 0 aliphatic rings. The fourth-order valence-corrected chi connectivity index (χ4v) is 1.97. The summed E-state index contributed by atoms with van der Waals surface area (Å²) in [5.74, 6) is 0. The summed E-state index contributed by atoms with van der Waals surface area (Å²) in [6, 6.07) is 9.88. The predicted octanol–water partition coefficient (Wildman–Crippen LogP) is 1.81. The molecule has 0 atom stereocenters. The lowest BCUT2D eigenvalue weighted by atomic mass is 10.1. The van der Waals surface area contributed by atoms with E-state index >= 15 is 0 Å². The first-order valence-corrected chi connectivity index (χ1v) is 5.63. The lowest BCUT2D eigenvalue weighted by Crippen LogP contribution is -2.11. The zero-order valence-corrected chi connectivity index (χ0v) is 9.80. The molecule has 0 unspecified atom stereocenters. The number of hydrogen-bond donors (Lipinski definition) is 1. The van der Waals surface area contributed by atoms with Crippen LogP contribution in [0.4, 0.5) is 0 Å². The number of aromatic amines is 1. The van der Waals surface area contributed by atoms with Crippen molar-refractivity contribution in [3.63, 3.8) is 0 Å². The van der Waals surface area contributed by atoms with E-state index in [1.165, 1.54) is 0 Å². The molecule has 0 spiro atoms. The summed E-state index contributed by atoms with van der Waals surface area (Å²) in [6.07, 6.45) is 0.600. The van der Waals surface area contributed by atoms with Crippen molar-refractivity contribution in [1.29, 1.82) is 0 Å². The first kappa shape index (κ1) is 10.7. The molecule has 1 aromatic carbocycles. The van der Waals surface area contributed by atoms with Gasteiger partial charge in [-0.05, 0) is 12.5 Å². The second kappa shape index (κ2) is 4.10. The molecule has 0 bridgehead atoms. The molecule has 2 heterocycles. The Morgan fingerprint density at radius 3 is 2.83 bits per heavy atom. The van der Waals surface area contributed by atoms with Crippen LogP contribution in [0.1, 0.15) is 17.0 Å². The molecule has 3 rings (SSSR count). The van der Waals surface area contributed by atoms with Gasteiger partial charge >= 0.3 is 0 Å². The van der Waals surface area contributed by atoms with Gasteiger partial charge in [-0.3, -0.25) is 4.79 Å². The molecule has 5 heteroatoms. The molecule has 90 valence electrons. The highest BCUT2D eigenvalue weighted by atomic mass is 16.5. The lowest BCUT2D eigenvalue weighted by Gasteiger charge is -2.00. The minimum absolute atomic E-state index is 0.263. The second-order valence-electron chi connectivity index (χ2n) is 4.13. The van der Waals surface area contributed by atoms with E-state index in [2.05, 4.69) is 15.4 Å². The molecule has 3 aromatic rings. The van der Waals surface area contributed by atoms with Crippen molar-refractivity contribution in [2.45, 2.75) is 13.3 Å². The SMILES string of the molecule is Cc1noc2c(Cc3ccccc3)n[nH]c(=O)c12. The maximum Gasteiger partial charge on any atom is 0.277 e. The summed E-state index contributed by atoms with van der Waals surface area (Å²) in [4.78, 5) is 11.6. The number of nitrogens with zero attached hydrogens (tertiary/aromatic N) is 2. The summed E-state index contributed by atoms with van der Waals surface area (Å²) in [5.41, 5.74) is 2.59. The van der Waals surface area contributed by atoms with Gasteiger partial charge in [0.2, 0.25) is 0 Å². The Hall–Kier alpha value is -2.43. The van der Waals surface area contributed by atoms with Gasteiger partial charge in [0.25, 0.3) is 5.56 Å². The Kier molecular flexibility index (Phi) is 2.44. The summed E-state index contributed by atoms with van der Waals surface area (Å²) in [5, 5.41) is 10.8. The molecular weight excluding hydrogens is 230 g/mol. The first-order valence-electron chi connectivity index (χ1n) is 5.63. The van der Waals surface area contributed by atoms with Crippen molar-refractivity contribution in [3.05, 3.63) is 57.6 Å². The van der Waals surface area contributed by atoms with E-state index in [-0.39, 0.29) is 5.56 Å². The Bertz CT molecular complexity index is 744. The quantitative estimate of drug-likeness (QED) is 0.742. The highest BCUT2D eigenvalue weighted by Crippen LogP contribution is 2.18. The van der Waals surface area contributed by atoms with E-state index in [0.29, 0.717) is 28.8 Å². The predicted molar refractivity (Wildman–Crippen MR) is 66.4 cm³/mol. The first-order chi connectivity index (χ1) is 8.75. The molecule has 2 aromatic heterocycles. The third-order valence-electron chi connectivity index (χ3n) is 2.86. The molecule has 1 N–H and O–H groups in total. The Labute approximate surface area is 102 Å². The summed E-state index contributed by atoms with van der Waals surface area (Å²) >= 11 is 0. The second-order valence-corrected chi connectivity index (χ2v) is 4.13. The average molecular weight is 241 g/mol. The maximum absolute atomic E-state index is 11.6. The number of hydrogen-bond acceptors (Lipinski definition) is 4. The zero-order chi connectivity index (χ0) is 12.5. The van der Waals surface area contributed by atoms with Gasteiger partial charge in [0.05, 0.1) is 5.69 Å². The van der Waals surface area contributed by atoms with Gasteiger partial charge in [-0.25, -0.2) is 5.10 Å². The number of aryl methyl sites for hydroxylation is 1. The van der Waals surface area contributed by atoms with Gasteiger partial charge in [0, 0.05) is 6.42 Å². The third kappa shape index (κ3) is 1.69. The normalized spacial score (nSPS) is 10.9. The van der Waals surface area contributed by atoms with Crippen LogP contribution in [0.15, 0.2) is 39.6 Å². The summed E-state index contributed by atoms with van der Waals surface area (Å²) < 4.78 is 5.20. The minimum Gasteiger partial charge on any atom is -0.354 e. The van der Waals surface area contributed by atoms with Crippen LogP contribution >= 0.6 is 0 Å². The summed E-state index contributed by atoms with van der Waals surface area (Å²) in [6.45, 7) is 1.74. The highest BCUT2D eigenvalue weighted by Gasteiger charge is 2.14. The number of nitrogens with one attached hydrogen (secondary N) is 1. The zero-order valence-electron chi connectivity index (χ0n) is 9.80. The van der Waals surface area contributed by atoms with Crippen molar-refractivity contribution in [2.24, 2.45) is 0 Å². The standard InChI is InChI=1S/C13H11N3O2/c1-8-11-12(18-16-8)10(14-15-13(11)17)7-9-5-3-2-4-6-9/h2-6H,7H2,1H3,(H,15,17). The number of benzene rings is 1. The number of rotatable bonds is 2. The van der Waals surface area contributed by atoms with Gasteiger partial charge in [0.15, 0.2) is 5.58 Å². The van der Waals surface area contributed by atoms with Crippen molar-refractivity contribution >= 4 is 11.0 Å². The van der Waals surface area contributed by atoms with Crippen molar-refractivity contribution in [3.8, 4) is 0 Å². The van der Waals surface area contributed by atoms with Gasteiger partial charge in [-0.1, -0.05) is 35.5 Å². The van der Waals surface area contributed by atoms with Crippen LogP contribution in [0.2, 0.25) is 0 Å². The topological polar surface area (TPSA) is 71.8 Å². The Morgan fingerprint density at radius 1 is 1.28 bits per heavy atom.